The molecular weight excluding hydrogens is 390 g/mol. The second-order valence-electron chi connectivity index (χ2n) is 6.89. The van der Waals surface area contributed by atoms with Gasteiger partial charge in [-0.3, -0.25) is 9.69 Å². The third-order valence-electron chi connectivity index (χ3n) is 4.56. The summed E-state index contributed by atoms with van der Waals surface area (Å²) in [5.74, 6) is -0.0471. The molecule has 148 valence electrons. The first-order valence-electron chi connectivity index (χ1n) is 9.02. The van der Waals surface area contributed by atoms with Crippen molar-refractivity contribution in [3.63, 3.8) is 0 Å². The van der Waals surface area contributed by atoms with E-state index >= 15 is 0 Å². The Hall–Kier alpha value is -2.21. The Balaban J connectivity index is 0.00000280. The molecular formula is C22H26ClN3OS. The molecule has 0 N–H and O–H groups in total. The van der Waals surface area contributed by atoms with Gasteiger partial charge in [-0.1, -0.05) is 47.7 Å². The molecule has 2 aromatic carbocycles. The highest BCUT2D eigenvalue weighted by molar-refractivity contribution is 7.22. The average Bonchev–Trinajstić information content (AvgIpc) is 3.08. The van der Waals surface area contributed by atoms with Crippen LogP contribution in [0.15, 0.2) is 48.5 Å². The SMILES string of the molecule is Cc1ccc2sc(N(CCN(C)C)C(=O)C=Cc3ccccc3)nc2c1C.Cl. The minimum absolute atomic E-state index is 0. The monoisotopic (exact) mass is 415 g/mol. The lowest BCUT2D eigenvalue weighted by atomic mass is 10.1. The van der Waals surface area contributed by atoms with E-state index in [1.54, 1.807) is 22.3 Å². The predicted molar refractivity (Wildman–Crippen MR) is 123 cm³/mol. The highest BCUT2D eigenvalue weighted by Crippen LogP contribution is 2.32. The minimum Gasteiger partial charge on any atom is -0.308 e. The first-order chi connectivity index (χ1) is 13.0. The number of nitrogens with zero attached hydrogens (tertiary/aromatic N) is 3. The van der Waals surface area contributed by atoms with E-state index in [0.717, 1.165) is 27.5 Å². The van der Waals surface area contributed by atoms with Gasteiger partial charge in [0.2, 0.25) is 0 Å². The fraction of sp³-hybridized carbons (Fsp3) is 0.273. The molecule has 0 saturated carbocycles. The summed E-state index contributed by atoms with van der Waals surface area (Å²) in [4.78, 5) is 21.6. The molecule has 0 spiro atoms. The van der Waals surface area contributed by atoms with Crippen LogP contribution < -0.4 is 4.90 Å². The molecule has 0 atom stereocenters. The molecule has 0 aliphatic heterocycles. The van der Waals surface area contributed by atoms with Gasteiger partial charge in [0.05, 0.1) is 10.2 Å². The molecule has 28 heavy (non-hydrogen) atoms. The number of hydrogen-bond donors (Lipinski definition) is 0. The Labute approximate surface area is 176 Å². The van der Waals surface area contributed by atoms with E-state index in [1.165, 1.54) is 11.1 Å². The van der Waals surface area contributed by atoms with Gasteiger partial charge in [-0.25, -0.2) is 4.98 Å². The van der Waals surface area contributed by atoms with Gasteiger partial charge in [0.15, 0.2) is 5.13 Å². The van der Waals surface area contributed by atoms with Crippen LogP contribution in [0.5, 0.6) is 0 Å². The second kappa shape index (κ2) is 9.82. The quantitative estimate of drug-likeness (QED) is 0.535. The van der Waals surface area contributed by atoms with E-state index in [9.17, 15) is 4.79 Å². The highest BCUT2D eigenvalue weighted by Gasteiger charge is 2.19. The number of hydrogen-bond acceptors (Lipinski definition) is 4. The Morgan fingerprint density at radius 1 is 1.07 bits per heavy atom. The number of benzene rings is 2. The Morgan fingerprint density at radius 3 is 2.46 bits per heavy atom. The van der Waals surface area contributed by atoms with Gasteiger partial charge in [-0.15, -0.1) is 12.4 Å². The number of carbonyl (C=O) groups excluding carboxylic acids is 1. The summed E-state index contributed by atoms with van der Waals surface area (Å²) in [5, 5.41) is 0.753. The van der Waals surface area contributed by atoms with Gasteiger partial charge in [0.1, 0.15) is 0 Å². The van der Waals surface area contributed by atoms with Crippen molar-refractivity contribution in [1.29, 1.82) is 0 Å². The number of aromatic nitrogens is 1. The van der Waals surface area contributed by atoms with Gasteiger partial charge in [0.25, 0.3) is 5.91 Å². The number of rotatable bonds is 6. The van der Waals surface area contributed by atoms with Gasteiger partial charge in [-0.05, 0) is 56.8 Å². The summed E-state index contributed by atoms with van der Waals surface area (Å²) in [6, 6.07) is 14.1. The fourth-order valence-corrected chi connectivity index (χ4v) is 3.81. The number of likely N-dealkylation sites (N-methyl/N-ethyl adjacent to an activating group) is 1. The Bertz CT molecular complexity index is 967. The maximum absolute atomic E-state index is 12.9. The molecule has 1 heterocycles. The van der Waals surface area contributed by atoms with Crippen LogP contribution in [0.4, 0.5) is 5.13 Å². The van der Waals surface area contributed by atoms with Crippen LogP contribution in [0.1, 0.15) is 16.7 Å². The molecule has 0 aliphatic carbocycles. The van der Waals surface area contributed by atoms with E-state index < -0.39 is 0 Å². The number of anilines is 1. The summed E-state index contributed by atoms with van der Waals surface area (Å²) in [7, 11) is 4.02. The van der Waals surface area contributed by atoms with E-state index in [1.807, 2.05) is 50.5 Å². The molecule has 3 rings (SSSR count). The number of carbonyl (C=O) groups is 1. The summed E-state index contributed by atoms with van der Waals surface area (Å²) in [6.07, 6.45) is 3.49. The van der Waals surface area contributed by atoms with E-state index in [-0.39, 0.29) is 18.3 Å². The van der Waals surface area contributed by atoms with Crippen molar-refractivity contribution in [3.8, 4) is 0 Å². The molecule has 0 radical (unpaired) electrons. The number of amides is 1. The molecule has 6 heteroatoms. The Kier molecular flexibility index (Phi) is 7.75. The first-order valence-corrected chi connectivity index (χ1v) is 9.83. The predicted octanol–water partition coefficient (Wildman–Crippen LogP) is 4.94. The van der Waals surface area contributed by atoms with Crippen molar-refractivity contribution in [2.75, 3.05) is 32.1 Å². The zero-order chi connectivity index (χ0) is 19.4. The van der Waals surface area contributed by atoms with Gasteiger partial charge >= 0.3 is 0 Å². The third kappa shape index (κ3) is 5.19. The van der Waals surface area contributed by atoms with Crippen LogP contribution in [-0.2, 0) is 4.79 Å². The van der Waals surface area contributed by atoms with Crippen molar-refractivity contribution in [2.24, 2.45) is 0 Å². The summed E-state index contributed by atoms with van der Waals surface area (Å²) in [5.41, 5.74) is 4.39. The molecule has 1 aromatic heterocycles. The molecule has 4 nitrogen and oxygen atoms in total. The van der Waals surface area contributed by atoms with Crippen LogP contribution >= 0.6 is 23.7 Å². The van der Waals surface area contributed by atoms with E-state index in [0.29, 0.717) is 6.54 Å². The van der Waals surface area contributed by atoms with Crippen molar-refractivity contribution >= 4 is 51.1 Å². The van der Waals surface area contributed by atoms with Gasteiger partial charge in [0, 0.05) is 19.2 Å². The van der Waals surface area contributed by atoms with Crippen molar-refractivity contribution in [1.82, 2.24) is 9.88 Å². The normalized spacial score (nSPS) is 11.2. The number of aryl methyl sites for hydroxylation is 2. The zero-order valence-electron chi connectivity index (χ0n) is 16.7. The van der Waals surface area contributed by atoms with Crippen molar-refractivity contribution in [3.05, 3.63) is 65.2 Å². The summed E-state index contributed by atoms with van der Waals surface area (Å²) < 4.78 is 1.11. The number of fused-ring (bicyclic) bond motifs is 1. The standard InChI is InChI=1S/C22H25N3OS.ClH/c1-16-10-12-19-21(17(16)2)23-22(27-19)25(15-14-24(3)4)20(26)13-11-18-8-6-5-7-9-18;/h5-13H,14-15H2,1-4H3;1H. The van der Waals surface area contributed by atoms with Gasteiger partial charge < -0.3 is 4.90 Å². The van der Waals surface area contributed by atoms with Crippen LogP contribution in [0.2, 0.25) is 0 Å². The molecule has 1 amide bonds. The van der Waals surface area contributed by atoms with Gasteiger partial charge in [-0.2, -0.15) is 0 Å². The molecule has 3 aromatic rings. The molecule has 0 unspecified atom stereocenters. The zero-order valence-corrected chi connectivity index (χ0v) is 18.3. The van der Waals surface area contributed by atoms with Crippen LogP contribution in [0.3, 0.4) is 0 Å². The van der Waals surface area contributed by atoms with E-state index in [4.69, 9.17) is 4.98 Å². The highest BCUT2D eigenvalue weighted by atomic mass is 35.5. The average molecular weight is 416 g/mol. The molecule has 0 aliphatic rings. The third-order valence-corrected chi connectivity index (χ3v) is 5.60. The Morgan fingerprint density at radius 2 is 1.79 bits per heavy atom. The van der Waals surface area contributed by atoms with E-state index in [2.05, 4.69) is 30.9 Å². The van der Waals surface area contributed by atoms with Crippen LogP contribution in [0.25, 0.3) is 16.3 Å². The lowest BCUT2D eigenvalue weighted by molar-refractivity contribution is -0.114. The summed E-state index contributed by atoms with van der Waals surface area (Å²) in [6.45, 7) is 5.55. The largest absolute Gasteiger partial charge is 0.308 e. The maximum atomic E-state index is 12.9. The number of halogens is 1. The fourth-order valence-electron chi connectivity index (χ4n) is 2.75. The topological polar surface area (TPSA) is 36.4 Å². The van der Waals surface area contributed by atoms with Crippen LogP contribution in [0, 0.1) is 13.8 Å². The summed E-state index contributed by atoms with van der Waals surface area (Å²) >= 11 is 1.57. The molecule has 0 fully saturated rings. The maximum Gasteiger partial charge on any atom is 0.252 e. The second-order valence-corrected chi connectivity index (χ2v) is 7.90. The minimum atomic E-state index is -0.0471. The van der Waals surface area contributed by atoms with Crippen molar-refractivity contribution in [2.45, 2.75) is 13.8 Å². The van der Waals surface area contributed by atoms with Crippen LogP contribution in [-0.4, -0.2) is 43.0 Å². The smallest absolute Gasteiger partial charge is 0.252 e. The lowest BCUT2D eigenvalue weighted by Gasteiger charge is -2.20. The lowest BCUT2D eigenvalue weighted by Crippen LogP contribution is -2.35. The number of thiazole rings is 1. The molecule has 0 bridgehead atoms. The van der Waals surface area contributed by atoms with Crippen molar-refractivity contribution < 1.29 is 4.79 Å². The first kappa shape index (κ1) is 22.1. The molecule has 0 saturated heterocycles.